The van der Waals surface area contributed by atoms with E-state index >= 15 is 0 Å². The Morgan fingerprint density at radius 3 is 2.64 bits per heavy atom. The SMILES string of the molecule is CN1C(=O)C2C(SCc3ccc(F)cc3)=NC(c3cccs3)=NC2=[N+](C)C1=O. The Hall–Kier alpha value is -2.65. The smallest absolute Gasteiger partial charge is 0.255 e. The summed E-state index contributed by atoms with van der Waals surface area (Å²) in [5.41, 5.74) is 0.914. The molecule has 0 spiro atoms. The minimum atomic E-state index is -0.720. The third kappa shape index (κ3) is 3.31. The van der Waals surface area contributed by atoms with Gasteiger partial charge in [0.25, 0.3) is 5.84 Å². The van der Waals surface area contributed by atoms with Gasteiger partial charge in [0.2, 0.25) is 5.84 Å². The number of imide groups is 1. The van der Waals surface area contributed by atoms with Gasteiger partial charge in [-0.15, -0.1) is 23.1 Å². The van der Waals surface area contributed by atoms with Crippen molar-refractivity contribution in [2.45, 2.75) is 5.75 Å². The van der Waals surface area contributed by atoms with Crippen molar-refractivity contribution in [1.82, 2.24) is 4.90 Å². The number of nitrogens with zero attached hydrogens (tertiary/aromatic N) is 4. The molecule has 9 heteroatoms. The zero-order valence-electron chi connectivity index (χ0n) is 15.1. The van der Waals surface area contributed by atoms with Gasteiger partial charge >= 0.3 is 11.9 Å². The van der Waals surface area contributed by atoms with Gasteiger partial charge in [0.1, 0.15) is 10.9 Å². The number of amidine groups is 2. The molecule has 0 fully saturated rings. The summed E-state index contributed by atoms with van der Waals surface area (Å²) in [4.78, 5) is 36.3. The maximum atomic E-state index is 13.1. The lowest BCUT2D eigenvalue weighted by atomic mass is 10.0. The van der Waals surface area contributed by atoms with Crippen LogP contribution in [0.3, 0.4) is 0 Å². The van der Waals surface area contributed by atoms with Crippen LogP contribution in [0.2, 0.25) is 0 Å². The molecule has 2 aromatic rings. The highest BCUT2D eigenvalue weighted by Crippen LogP contribution is 2.29. The number of urea groups is 1. The first-order valence-corrected chi connectivity index (χ1v) is 10.3. The summed E-state index contributed by atoms with van der Waals surface area (Å²) in [5, 5.41) is 2.50. The quantitative estimate of drug-likeness (QED) is 0.723. The normalized spacial score (nSPS) is 19.5. The fourth-order valence-electron chi connectivity index (χ4n) is 2.94. The molecular formula is C19H16FN4O2S2+. The number of hydrogen-bond acceptors (Lipinski definition) is 6. The van der Waals surface area contributed by atoms with Crippen LogP contribution in [-0.4, -0.2) is 52.2 Å². The van der Waals surface area contributed by atoms with Crippen LogP contribution >= 0.6 is 23.1 Å². The van der Waals surface area contributed by atoms with Gasteiger partial charge in [-0.3, -0.25) is 4.79 Å². The lowest BCUT2D eigenvalue weighted by molar-refractivity contribution is -0.407. The number of thiophene rings is 1. The lowest BCUT2D eigenvalue weighted by Crippen LogP contribution is -2.54. The highest BCUT2D eigenvalue weighted by atomic mass is 32.2. The van der Waals surface area contributed by atoms with E-state index in [4.69, 9.17) is 0 Å². The number of fused-ring (bicyclic) bond motifs is 1. The van der Waals surface area contributed by atoms with E-state index in [0.29, 0.717) is 22.5 Å². The first-order chi connectivity index (χ1) is 13.5. The fourth-order valence-corrected chi connectivity index (χ4v) is 4.63. The second-order valence-corrected chi connectivity index (χ2v) is 8.25. The molecule has 28 heavy (non-hydrogen) atoms. The molecule has 0 saturated heterocycles. The minimum absolute atomic E-state index is 0.296. The Bertz CT molecular complexity index is 1040. The third-order valence-electron chi connectivity index (χ3n) is 4.48. The van der Waals surface area contributed by atoms with Gasteiger partial charge in [-0.05, 0) is 29.1 Å². The van der Waals surface area contributed by atoms with Gasteiger partial charge in [-0.25, -0.2) is 14.2 Å². The van der Waals surface area contributed by atoms with Gasteiger partial charge < -0.3 is 0 Å². The molecule has 142 valence electrons. The molecular weight excluding hydrogens is 399 g/mol. The van der Waals surface area contributed by atoms with Crippen molar-refractivity contribution in [1.29, 1.82) is 0 Å². The van der Waals surface area contributed by atoms with Crippen LogP contribution in [0.5, 0.6) is 0 Å². The average molecular weight is 415 g/mol. The van der Waals surface area contributed by atoms with E-state index < -0.39 is 11.9 Å². The molecule has 6 nitrogen and oxygen atoms in total. The number of hydrogen-bond donors (Lipinski definition) is 0. The van der Waals surface area contributed by atoms with Crippen LogP contribution in [0.15, 0.2) is 51.8 Å². The maximum Gasteiger partial charge on any atom is 0.445 e. The lowest BCUT2D eigenvalue weighted by Gasteiger charge is -2.26. The summed E-state index contributed by atoms with van der Waals surface area (Å²) in [6, 6.07) is 9.59. The second-order valence-electron chi connectivity index (χ2n) is 6.31. The van der Waals surface area contributed by atoms with E-state index in [1.54, 1.807) is 19.2 Å². The highest BCUT2D eigenvalue weighted by molar-refractivity contribution is 8.13. The molecule has 0 bridgehead atoms. The van der Waals surface area contributed by atoms with Crippen LogP contribution < -0.4 is 0 Å². The molecule has 3 heterocycles. The van der Waals surface area contributed by atoms with Crippen LogP contribution in [0, 0.1) is 11.7 Å². The van der Waals surface area contributed by atoms with Gasteiger partial charge in [0.15, 0.2) is 5.92 Å². The zero-order valence-corrected chi connectivity index (χ0v) is 16.8. The third-order valence-corrected chi connectivity index (χ3v) is 6.44. The molecule has 0 aliphatic carbocycles. The predicted octanol–water partition coefficient (Wildman–Crippen LogP) is 3.23. The zero-order chi connectivity index (χ0) is 19.8. The second kappa shape index (κ2) is 7.40. The molecule has 1 aromatic heterocycles. The molecule has 2 aliphatic rings. The van der Waals surface area contributed by atoms with E-state index in [1.807, 2.05) is 17.5 Å². The number of halogens is 1. The topological polar surface area (TPSA) is 65.1 Å². The van der Waals surface area contributed by atoms with Crippen molar-refractivity contribution in [3.63, 3.8) is 0 Å². The van der Waals surface area contributed by atoms with E-state index in [-0.39, 0.29) is 11.7 Å². The van der Waals surface area contributed by atoms with Gasteiger partial charge in [0, 0.05) is 5.75 Å². The summed E-state index contributed by atoms with van der Waals surface area (Å²) >= 11 is 2.89. The molecule has 0 N–H and O–H groups in total. The Kier molecular flexibility index (Phi) is 4.94. The van der Waals surface area contributed by atoms with Crippen molar-refractivity contribution in [3.8, 4) is 0 Å². The highest BCUT2D eigenvalue weighted by Gasteiger charge is 2.49. The summed E-state index contributed by atoms with van der Waals surface area (Å²) in [5.74, 6) is 0.0258. The molecule has 1 aromatic carbocycles. The summed E-state index contributed by atoms with van der Waals surface area (Å²) < 4.78 is 14.5. The number of carbonyl (C=O) groups excluding carboxylic acids is 2. The van der Waals surface area contributed by atoms with E-state index in [2.05, 4.69) is 9.98 Å². The number of rotatable bonds is 3. The van der Waals surface area contributed by atoms with Crippen molar-refractivity contribution in [2.75, 3.05) is 14.1 Å². The van der Waals surface area contributed by atoms with Gasteiger partial charge in [-0.1, -0.05) is 23.2 Å². The van der Waals surface area contributed by atoms with Crippen molar-refractivity contribution in [3.05, 3.63) is 58.0 Å². The predicted molar refractivity (Wildman–Crippen MR) is 109 cm³/mol. The summed E-state index contributed by atoms with van der Waals surface area (Å²) in [7, 11) is 3.06. The Morgan fingerprint density at radius 1 is 1.21 bits per heavy atom. The van der Waals surface area contributed by atoms with E-state index in [0.717, 1.165) is 15.3 Å². The number of thioether (sulfide) groups is 1. The van der Waals surface area contributed by atoms with Crippen LogP contribution in [0.25, 0.3) is 0 Å². The van der Waals surface area contributed by atoms with Gasteiger partial charge in [0.05, 0.1) is 19.0 Å². The van der Waals surface area contributed by atoms with Crippen LogP contribution in [0.1, 0.15) is 10.4 Å². The molecule has 2 aliphatic heterocycles. The molecule has 4 rings (SSSR count). The standard InChI is InChI=1S/C19H16FN4O2S2/c1-23-16-14(18(25)24(2)19(23)26)17(22-15(21-16)13-4-3-9-27-13)28-10-11-5-7-12(20)8-6-11/h3-9,14H,10H2,1-2H3/q+1. The molecule has 1 unspecified atom stereocenters. The Labute approximate surface area is 169 Å². The monoisotopic (exact) mass is 415 g/mol. The molecule has 0 saturated carbocycles. The van der Waals surface area contributed by atoms with Gasteiger partial charge in [-0.2, -0.15) is 9.48 Å². The molecule has 3 amide bonds. The number of amides is 3. The van der Waals surface area contributed by atoms with Crippen molar-refractivity contribution < 1.29 is 18.6 Å². The van der Waals surface area contributed by atoms with Crippen molar-refractivity contribution in [2.24, 2.45) is 15.9 Å². The first kappa shape index (κ1) is 18.7. The van der Waals surface area contributed by atoms with Crippen molar-refractivity contribution >= 4 is 51.8 Å². The molecule has 0 radical (unpaired) electrons. The first-order valence-electron chi connectivity index (χ1n) is 8.46. The average Bonchev–Trinajstić information content (AvgIpc) is 3.24. The van der Waals surface area contributed by atoms with Crippen LogP contribution in [-0.2, 0) is 10.5 Å². The fraction of sp³-hybridized carbons (Fsp3) is 0.211. The molecule has 1 atom stereocenters. The Balaban J connectivity index is 1.73. The van der Waals surface area contributed by atoms with E-state index in [1.165, 1.54) is 46.9 Å². The largest absolute Gasteiger partial charge is 0.445 e. The van der Waals surface area contributed by atoms with Crippen LogP contribution in [0.4, 0.5) is 9.18 Å². The maximum absolute atomic E-state index is 13.1. The Morgan fingerprint density at radius 2 is 1.96 bits per heavy atom. The summed E-state index contributed by atoms with van der Waals surface area (Å²) in [6.07, 6.45) is 0. The number of benzene rings is 1. The summed E-state index contributed by atoms with van der Waals surface area (Å²) in [6.45, 7) is 0. The number of aliphatic imine (C=N–C) groups is 2. The van der Waals surface area contributed by atoms with E-state index in [9.17, 15) is 14.0 Å². The number of carbonyl (C=O) groups is 2. The minimum Gasteiger partial charge on any atom is -0.255 e.